The van der Waals surface area contributed by atoms with Gasteiger partial charge < -0.3 is 10.2 Å². The molecule has 1 aromatic rings. The van der Waals surface area contributed by atoms with E-state index >= 15 is 0 Å². The van der Waals surface area contributed by atoms with Crippen molar-refractivity contribution in [3.8, 4) is 0 Å². The van der Waals surface area contributed by atoms with E-state index < -0.39 is 0 Å². The monoisotopic (exact) mass is 206 g/mol. The van der Waals surface area contributed by atoms with Crippen molar-refractivity contribution < 1.29 is 4.79 Å². The zero-order valence-electron chi connectivity index (χ0n) is 8.73. The molecule has 1 fully saturated rings. The Morgan fingerprint density at radius 3 is 2.87 bits per heavy atom. The van der Waals surface area contributed by atoms with Crippen LogP contribution in [0.3, 0.4) is 0 Å². The van der Waals surface area contributed by atoms with Gasteiger partial charge in [0, 0.05) is 20.0 Å². The van der Waals surface area contributed by atoms with Gasteiger partial charge in [0.1, 0.15) is 5.82 Å². The van der Waals surface area contributed by atoms with Crippen molar-refractivity contribution in [2.45, 2.75) is 19.4 Å². The van der Waals surface area contributed by atoms with E-state index in [-0.39, 0.29) is 5.91 Å². The number of carbonyl (C=O) groups excluding carboxylic acids is 1. The smallest absolute Gasteiger partial charge is 0.222 e. The van der Waals surface area contributed by atoms with Crippen LogP contribution >= 0.6 is 0 Å². The van der Waals surface area contributed by atoms with Crippen LogP contribution < -0.4 is 5.32 Å². The molecule has 1 aliphatic heterocycles. The summed E-state index contributed by atoms with van der Waals surface area (Å²) in [5.74, 6) is 0.959. The number of nitrogens with one attached hydrogen (secondary N) is 1. The zero-order chi connectivity index (χ0) is 10.7. The molecule has 0 aliphatic carbocycles. The van der Waals surface area contributed by atoms with E-state index in [0.29, 0.717) is 13.0 Å². The molecular formula is C10H14N4O. The van der Waals surface area contributed by atoms with Gasteiger partial charge in [-0.3, -0.25) is 9.78 Å². The number of hydrogen-bond donors (Lipinski definition) is 1. The number of carbonyl (C=O) groups is 1. The minimum absolute atomic E-state index is 0.217. The van der Waals surface area contributed by atoms with Gasteiger partial charge in [-0.2, -0.15) is 0 Å². The fraction of sp³-hybridized carbons (Fsp3) is 0.500. The zero-order valence-corrected chi connectivity index (χ0v) is 8.73. The number of rotatable bonds is 3. The van der Waals surface area contributed by atoms with Crippen LogP contribution in [0.4, 0.5) is 5.82 Å². The first-order valence-electron chi connectivity index (χ1n) is 5.06. The molecule has 0 radical (unpaired) electrons. The van der Waals surface area contributed by atoms with Crippen molar-refractivity contribution in [1.82, 2.24) is 14.9 Å². The highest BCUT2D eigenvalue weighted by molar-refractivity contribution is 5.77. The Labute approximate surface area is 88.5 Å². The molecule has 5 nitrogen and oxygen atoms in total. The topological polar surface area (TPSA) is 58.1 Å². The SMILES string of the molecule is CNc1cnc(CN2CCCC2=O)cn1. The molecule has 0 spiro atoms. The Balaban J connectivity index is 2.01. The van der Waals surface area contributed by atoms with Crippen LogP contribution in [0.25, 0.3) is 0 Å². The molecule has 5 heteroatoms. The van der Waals surface area contributed by atoms with Crippen LogP contribution in [0.1, 0.15) is 18.5 Å². The van der Waals surface area contributed by atoms with Gasteiger partial charge >= 0.3 is 0 Å². The first-order chi connectivity index (χ1) is 7.29. The Hall–Kier alpha value is -1.65. The second-order valence-electron chi connectivity index (χ2n) is 3.56. The highest BCUT2D eigenvalue weighted by Crippen LogP contribution is 2.12. The molecule has 2 rings (SSSR count). The summed E-state index contributed by atoms with van der Waals surface area (Å²) in [4.78, 5) is 21.6. The maximum atomic E-state index is 11.4. The molecule has 1 saturated heterocycles. The van der Waals surface area contributed by atoms with Crippen LogP contribution in [0.5, 0.6) is 0 Å². The van der Waals surface area contributed by atoms with Gasteiger partial charge in [-0.25, -0.2) is 4.98 Å². The highest BCUT2D eigenvalue weighted by Gasteiger charge is 2.20. The van der Waals surface area contributed by atoms with Crippen molar-refractivity contribution in [3.63, 3.8) is 0 Å². The van der Waals surface area contributed by atoms with Crippen molar-refractivity contribution in [2.75, 3.05) is 18.9 Å². The van der Waals surface area contributed by atoms with Crippen LogP contribution in [-0.2, 0) is 11.3 Å². The predicted molar refractivity (Wildman–Crippen MR) is 56.2 cm³/mol. The third-order valence-corrected chi connectivity index (χ3v) is 2.49. The van der Waals surface area contributed by atoms with E-state index in [4.69, 9.17) is 0 Å². The maximum absolute atomic E-state index is 11.4. The molecule has 15 heavy (non-hydrogen) atoms. The number of likely N-dealkylation sites (tertiary alicyclic amines) is 1. The van der Waals surface area contributed by atoms with Crippen molar-refractivity contribution in [1.29, 1.82) is 0 Å². The maximum Gasteiger partial charge on any atom is 0.222 e. The van der Waals surface area contributed by atoms with Gasteiger partial charge in [-0.15, -0.1) is 0 Å². The van der Waals surface area contributed by atoms with E-state index in [1.54, 1.807) is 19.4 Å². The quantitative estimate of drug-likeness (QED) is 0.788. The van der Waals surface area contributed by atoms with Gasteiger partial charge in [-0.1, -0.05) is 0 Å². The summed E-state index contributed by atoms with van der Waals surface area (Å²) in [6.07, 6.45) is 5.01. The van der Waals surface area contributed by atoms with E-state index in [1.165, 1.54) is 0 Å². The summed E-state index contributed by atoms with van der Waals surface area (Å²) in [7, 11) is 1.80. The Kier molecular flexibility index (Phi) is 2.80. The molecule has 2 heterocycles. The molecule has 80 valence electrons. The van der Waals surface area contributed by atoms with Gasteiger partial charge in [0.2, 0.25) is 5.91 Å². The largest absolute Gasteiger partial charge is 0.372 e. The normalized spacial score (nSPS) is 15.8. The molecule has 0 atom stereocenters. The molecule has 1 N–H and O–H groups in total. The van der Waals surface area contributed by atoms with Crippen molar-refractivity contribution >= 4 is 11.7 Å². The van der Waals surface area contributed by atoms with Crippen molar-refractivity contribution in [3.05, 3.63) is 18.1 Å². The summed E-state index contributed by atoms with van der Waals surface area (Å²) in [5, 5.41) is 2.90. The molecule has 0 bridgehead atoms. The number of anilines is 1. The molecule has 0 unspecified atom stereocenters. The van der Waals surface area contributed by atoms with E-state index in [0.717, 1.165) is 24.5 Å². The summed E-state index contributed by atoms with van der Waals surface area (Å²) in [6.45, 7) is 1.42. The molecule has 1 aliphatic rings. The van der Waals surface area contributed by atoms with E-state index in [2.05, 4.69) is 15.3 Å². The average Bonchev–Trinajstić information content (AvgIpc) is 2.66. The lowest BCUT2D eigenvalue weighted by Crippen LogP contribution is -2.24. The summed E-state index contributed by atoms with van der Waals surface area (Å²) in [6, 6.07) is 0. The van der Waals surface area contributed by atoms with Crippen LogP contribution in [0, 0.1) is 0 Å². The van der Waals surface area contributed by atoms with Gasteiger partial charge in [0.25, 0.3) is 0 Å². The van der Waals surface area contributed by atoms with Crippen LogP contribution in [0.2, 0.25) is 0 Å². The second-order valence-corrected chi connectivity index (χ2v) is 3.56. The summed E-state index contributed by atoms with van der Waals surface area (Å²) < 4.78 is 0. The summed E-state index contributed by atoms with van der Waals surface area (Å²) >= 11 is 0. The lowest BCUT2D eigenvalue weighted by molar-refractivity contribution is -0.128. The number of hydrogen-bond acceptors (Lipinski definition) is 4. The third-order valence-electron chi connectivity index (χ3n) is 2.49. The Morgan fingerprint density at radius 2 is 2.33 bits per heavy atom. The molecule has 1 amide bonds. The molecule has 1 aromatic heterocycles. The number of aromatic nitrogens is 2. The highest BCUT2D eigenvalue weighted by atomic mass is 16.2. The van der Waals surface area contributed by atoms with Gasteiger partial charge in [0.05, 0.1) is 24.6 Å². The lowest BCUT2D eigenvalue weighted by atomic mass is 10.4. The minimum Gasteiger partial charge on any atom is -0.372 e. The van der Waals surface area contributed by atoms with E-state index in [9.17, 15) is 4.79 Å². The number of amides is 1. The first-order valence-corrected chi connectivity index (χ1v) is 5.06. The lowest BCUT2D eigenvalue weighted by Gasteiger charge is -2.14. The molecule has 0 saturated carbocycles. The molecule has 0 aromatic carbocycles. The van der Waals surface area contributed by atoms with Crippen LogP contribution in [-0.4, -0.2) is 34.4 Å². The number of nitrogens with zero attached hydrogens (tertiary/aromatic N) is 3. The average molecular weight is 206 g/mol. The van der Waals surface area contributed by atoms with Crippen molar-refractivity contribution in [2.24, 2.45) is 0 Å². The predicted octanol–water partition coefficient (Wildman–Crippen LogP) is 0.641. The van der Waals surface area contributed by atoms with Crippen LogP contribution in [0.15, 0.2) is 12.4 Å². The fourth-order valence-electron chi connectivity index (χ4n) is 1.63. The van der Waals surface area contributed by atoms with Gasteiger partial charge in [0.15, 0.2) is 0 Å². The summed E-state index contributed by atoms with van der Waals surface area (Å²) in [5.41, 5.74) is 0.837. The second kappa shape index (κ2) is 4.25. The van der Waals surface area contributed by atoms with Gasteiger partial charge in [-0.05, 0) is 6.42 Å². The first kappa shape index (κ1) is 9.89. The Bertz CT molecular complexity index is 349. The standard InChI is InChI=1S/C10H14N4O/c1-11-9-6-12-8(5-13-9)7-14-4-2-3-10(14)15/h5-6H,2-4,7H2,1H3,(H,11,13). The fourth-order valence-corrected chi connectivity index (χ4v) is 1.63. The van der Waals surface area contributed by atoms with E-state index in [1.807, 2.05) is 4.90 Å². The Morgan fingerprint density at radius 1 is 1.47 bits per heavy atom. The third kappa shape index (κ3) is 2.23. The molecular weight excluding hydrogens is 192 g/mol. The minimum atomic E-state index is 0.217.